The van der Waals surface area contributed by atoms with Crippen molar-refractivity contribution in [2.24, 2.45) is 0 Å². The summed E-state index contributed by atoms with van der Waals surface area (Å²) in [6, 6.07) is 23.7. The molecule has 0 bridgehead atoms. The summed E-state index contributed by atoms with van der Waals surface area (Å²) in [4.78, 5) is 23.9. The summed E-state index contributed by atoms with van der Waals surface area (Å²) in [5, 5.41) is 5.74. The highest BCUT2D eigenvalue weighted by atomic mass is 35.5. The van der Waals surface area contributed by atoms with Crippen LogP contribution in [-0.4, -0.2) is 11.8 Å². The summed E-state index contributed by atoms with van der Waals surface area (Å²) >= 11 is 5.82. The van der Waals surface area contributed by atoms with E-state index < -0.39 is 11.8 Å². The molecule has 0 aliphatic carbocycles. The maximum atomic E-state index is 12.0. The minimum absolute atomic E-state index is 0.246. The molecule has 0 radical (unpaired) electrons. The molecule has 0 heterocycles. The number of benzene rings is 3. The SMILES string of the molecule is O=C(NCc1ccc(Cl)cc1)C(=O)Nc1ccc(OCc2ccccc2)cc1. The predicted octanol–water partition coefficient (Wildman–Crippen LogP) is 4.17. The average molecular weight is 395 g/mol. The number of hydrogen-bond donors (Lipinski definition) is 2. The summed E-state index contributed by atoms with van der Waals surface area (Å²) in [6.07, 6.45) is 0. The Labute approximate surface area is 168 Å². The first-order valence-corrected chi connectivity index (χ1v) is 9.08. The standard InChI is InChI=1S/C22H19ClN2O3/c23-18-8-6-16(7-9-18)14-24-21(26)22(27)25-19-10-12-20(13-11-19)28-15-17-4-2-1-3-5-17/h1-13H,14-15H2,(H,24,26)(H,25,27). The second kappa shape index (κ2) is 9.58. The van der Waals surface area contributed by atoms with E-state index in [1.807, 2.05) is 30.3 Å². The van der Waals surface area contributed by atoms with Gasteiger partial charge in [0, 0.05) is 17.3 Å². The van der Waals surface area contributed by atoms with Crippen molar-refractivity contribution in [2.75, 3.05) is 5.32 Å². The Morgan fingerprint density at radius 2 is 1.46 bits per heavy atom. The van der Waals surface area contributed by atoms with E-state index in [2.05, 4.69) is 10.6 Å². The van der Waals surface area contributed by atoms with Crippen LogP contribution in [0.3, 0.4) is 0 Å². The van der Waals surface area contributed by atoms with E-state index in [4.69, 9.17) is 16.3 Å². The third-order valence-corrected chi connectivity index (χ3v) is 4.19. The van der Waals surface area contributed by atoms with Crippen LogP contribution in [0.4, 0.5) is 5.69 Å². The van der Waals surface area contributed by atoms with Gasteiger partial charge in [-0.2, -0.15) is 0 Å². The van der Waals surface area contributed by atoms with Crippen LogP contribution in [0.5, 0.6) is 5.75 Å². The molecule has 3 aromatic rings. The number of halogens is 1. The fourth-order valence-corrected chi connectivity index (χ4v) is 2.55. The van der Waals surface area contributed by atoms with Crippen molar-refractivity contribution in [3.63, 3.8) is 0 Å². The summed E-state index contributed by atoms with van der Waals surface area (Å²) < 4.78 is 5.69. The van der Waals surface area contributed by atoms with Crippen molar-refractivity contribution >= 4 is 29.1 Å². The van der Waals surface area contributed by atoms with Gasteiger partial charge in [0.1, 0.15) is 12.4 Å². The molecule has 0 aliphatic heterocycles. The normalized spacial score (nSPS) is 10.2. The first-order chi connectivity index (χ1) is 13.6. The lowest BCUT2D eigenvalue weighted by Crippen LogP contribution is -2.34. The average Bonchev–Trinajstić information content (AvgIpc) is 2.73. The summed E-state index contributed by atoms with van der Waals surface area (Å²) in [5.74, 6) is -0.764. The van der Waals surface area contributed by atoms with Crippen LogP contribution in [0.2, 0.25) is 5.02 Å². The van der Waals surface area contributed by atoms with Gasteiger partial charge in [-0.25, -0.2) is 0 Å². The second-order valence-electron chi connectivity index (χ2n) is 6.06. The van der Waals surface area contributed by atoms with E-state index in [0.29, 0.717) is 23.1 Å². The number of ether oxygens (including phenoxy) is 1. The van der Waals surface area contributed by atoms with Gasteiger partial charge in [-0.3, -0.25) is 9.59 Å². The van der Waals surface area contributed by atoms with Gasteiger partial charge in [-0.1, -0.05) is 54.1 Å². The smallest absolute Gasteiger partial charge is 0.313 e. The van der Waals surface area contributed by atoms with Crippen LogP contribution in [0, 0.1) is 0 Å². The molecule has 0 saturated heterocycles. The Kier molecular flexibility index (Phi) is 6.65. The van der Waals surface area contributed by atoms with Crippen molar-refractivity contribution < 1.29 is 14.3 Å². The van der Waals surface area contributed by atoms with Crippen molar-refractivity contribution in [1.29, 1.82) is 0 Å². The zero-order valence-corrected chi connectivity index (χ0v) is 15.8. The lowest BCUT2D eigenvalue weighted by Gasteiger charge is -2.09. The van der Waals surface area contributed by atoms with E-state index in [9.17, 15) is 9.59 Å². The fraction of sp³-hybridized carbons (Fsp3) is 0.0909. The molecule has 0 saturated carbocycles. The van der Waals surface area contributed by atoms with Gasteiger partial charge in [-0.15, -0.1) is 0 Å². The molecule has 5 nitrogen and oxygen atoms in total. The molecule has 2 amide bonds. The molecule has 142 valence electrons. The van der Waals surface area contributed by atoms with Crippen molar-refractivity contribution in [1.82, 2.24) is 5.32 Å². The van der Waals surface area contributed by atoms with Crippen molar-refractivity contribution in [3.05, 3.63) is 95.0 Å². The van der Waals surface area contributed by atoms with E-state index in [1.165, 1.54) is 0 Å². The number of carbonyl (C=O) groups excluding carboxylic acids is 2. The Balaban J connectivity index is 1.46. The molecule has 3 aromatic carbocycles. The maximum Gasteiger partial charge on any atom is 0.313 e. The van der Waals surface area contributed by atoms with Gasteiger partial charge in [-0.05, 0) is 47.5 Å². The molecule has 6 heteroatoms. The number of carbonyl (C=O) groups is 2. The zero-order chi connectivity index (χ0) is 19.8. The highest BCUT2D eigenvalue weighted by molar-refractivity contribution is 6.39. The van der Waals surface area contributed by atoms with Crippen LogP contribution in [-0.2, 0) is 22.7 Å². The van der Waals surface area contributed by atoms with Crippen LogP contribution in [0.1, 0.15) is 11.1 Å². The highest BCUT2D eigenvalue weighted by Crippen LogP contribution is 2.17. The summed E-state index contributed by atoms with van der Waals surface area (Å²) in [5.41, 5.74) is 2.43. The van der Waals surface area contributed by atoms with Crippen LogP contribution < -0.4 is 15.4 Å². The minimum Gasteiger partial charge on any atom is -0.489 e. The minimum atomic E-state index is -0.730. The third-order valence-electron chi connectivity index (χ3n) is 3.93. The van der Waals surface area contributed by atoms with E-state index in [-0.39, 0.29) is 6.54 Å². The lowest BCUT2D eigenvalue weighted by atomic mass is 10.2. The molecule has 0 unspecified atom stereocenters. The molecule has 0 fully saturated rings. The first kappa shape index (κ1) is 19.5. The fourth-order valence-electron chi connectivity index (χ4n) is 2.43. The van der Waals surface area contributed by atoms with Gasteiger partial charge < -0.3 is 15.4 Å². The molecule has 28 heavy (non-hydrogen) atoms. The van der Waals surface area contributed by atoms with Crippen LogP contribution >= 0.6 is 11.6 Å². The highest BCUT2D eigenvalue weighted by Gasteiger charge is 2.13. The predicted molar refractivity (Wildman–Crippen MR) is 109 cm³/mol. The quantitative estimate of drug-likeness (QED) is 0.616. The first-order valence-electron chi connectivity index (χ1n) is 8.70. The number of nitrogens with one attached hydrogen (secondary N) is 2. The largest absolute Gasteiger partial charge is 0.489 e. The second-order valence-corrected chi connectivity index (χ2v) is 6.50. The van der Waals surface area contributed by atoms with Gasteiger partial charge >= 0.3 is 11.8 Å². The van der Waals surface area contributed by atoms with Crippen LogP contribution in [0.15, 0.2) is 78.9 Å². The molecule has 0 atom stereocenters. The molecular weight excluding hydrogens is 376 g/mol. The third kappa shape index (κ3) is 5.86. The maximum absolute atomic E-state index is 12.0. The zero-order valence-electron chi connectivity index (χ0n) is 15.0. The number of hydrogen-bond acceptors (Lipinski definition) is 3. The molecule has 2 N–H and O–H groups in total. The van der Waals surface area contributed by atoms with E-state index in [0.717, 1.165) is 11.1 Å². The van der Waals surface area contributed by atoms with E-state index in [1.54, 1.807) is 48.5 Å². The summed E-state index contributed by atoms with van der Waals surface area (Å²) in [6.45, 7) is 0.704. The van der Waals surface area contributed by atoms with Gasteiger partial charge in [0.2, 0.25) is 0 Å². The number of anilines is 1. The van der Waals surface area contributed by atoms with Gasteiger partial charge in [0.05, 0.1) is 0 Å². The topological polar surface area (TPSA) is 67.4 Å². The Morgan fingerprint density at radius 3 is 2.14 bits per heavy atom. The van der Waals surface area contributed by atoms with Gasteiger partial charge in [0.25, 0.3) is 0 Å². The van der Waals surface area contributed by atoms with Crippen molar-refractivity contribution in [3.8, 4) is 5.75 Å². The molecular formula is C22H19ClN2O3. The van der Waals surface area contributed by atoms with Gasteiger partial charge in [0.15, 0.2) is 0 Å². The monoisotopic (exact) mass is 394 g/mol. The number of rotatable bonds is 6. The van der Waals surface area contributed by atoms with E-state index >= 15 is 0 Å². The molecule has 3 rings (SSSR count). The van der Waals surface area contributed by atoms with Crippen molar-refractivity contribution in [2.45, 2.75) is 13.2 Å². The molecule has 0 aromatic heterocycles. The Bertz CT molecular complexity index is 926. The molecule has 0 aliphatic rings. The Hall–Kier alpha value is -3.31. The van der Waals surface area contributed by atoms with Crippen LogP contribution in [0.25, 0.3) is 0 Å². The molecule has 0 spiro atoms. The lowest BCUT2D eigenvalue weighted by molar-refractivity contribution is -0.136. The number of amides is 2. The Morgan fingerprint density at radius 1 is 0.786 bits per heavy atom. The summed E-state index contributed by atoms with van der Waals surface area (Å²) in [7, 11) is 0.